The third-order valence-electron chi connectivity index (χ3n) is 3.50. The molecule has 0 saturated carbocycles. The van der Waals surface area contributed by atoms with Gasteiger partial charge in [-0.25, -0.2) is 4.39 Å². The fourth-order valence-corrected chi connectivity index (χ4v) is 2.28. The molecule has 0 aliphatic rings. The molecule has 0 fully saturated rings. The molecule has 4 heteroatoms. The van der Waals surface area contributed by atoms with Gasteiger partial charge in [-0.3, -0.25) is 4.79 Å². The summed E-state index contributed by atoms with van der Waals surface area (Å²) < 4.78 is 13.7. The number of anilines is 1. The Labute approximate surface area is 124 Å². The predicted molar refractivity (Wildman–Crippen MR) is 82.5 cm³/mol. The van der Waals surface area contributed by atoms with Crippen molar-refractivity contribution in [2.24, 2.45) is 5.73 Å². The van der Waals surface area contributed by atoms with Crippen molar-refractivity contribution < 1.29 is 9.18 Å². The maximum Gasteiger partial charge on any atom is 0.239 e. The number of carbonyl (C=O) groups is 1. The number of rotatable bonds is 6. The lowest BCUT2D eigenvalue weighted by Crippen LogP contribution is -2.36. The highest BCUT2D eigenvalue weighted by atomic mass is 19.1. The average molecular weight is 286 g/mol. The lowest BCUT2D eigenvalue weighted by atomic mass is 9.93. The number of amides is 1. The number of benzene rings is 2. The predicted octanol–water partition coefficient (Wildman–Crippen LogP) is 3.29. The van der Waals surface area contributed by atoms with E-state index in [-0.39, 0.29) is 5.92 Å². The van der Waals surface area contributed by atoms with E-state index >= 15 is 0 Å². The van der Waals surface area contributed by atoms with Gasteiger partial charge < -0.3 is 11.1 Å². The van der Waals surface area contributed by atoms with Crippen LogP contribution >= 0.6 is 0 Å². The quantitative estimate of drug-likeness (QED) is 0.856. The second-order valence-electron chi connectivity index (χ2n) is 5.13. The summed E-state index contributed by atoms with van der Waals surface area (Å²) in [5, 5.41) is 2.90. The number of para-hydroxylation sites is 1. The Balaban J connectivity index is 2.10. The first-order valence-corrected chi connectivity index (χ1v) is 6.93. The van der Waals surface area contributed by atoms with E-state index < -0.39 is 17.8 Å². The summed E-state index contributed by atoms with van der Waals surface area (Å²) >= 11 is 0. The summed E-state index contributed by atoms with van der Waals surface area (Å²) in [7, 11) is 0. The van der Waals surface area contributed by atoms with Crippen LogP contribution in [0.4, 0.5) is 10.1 Å². The van der Waals surface area contributed by atoms with Crippen molar-refractivity contribution in [2.75, 3.05) is 5.32 Å². The first-order chi connectivity index (χ1) is 10.1. The monoisotopic (exact) mass is 286 g/mol. The van der Waals surface area contributed by atoms with E-state index in [0.29, 0.717) is 12.1 Å². The van der Waals surface area contributed by atoms with Crippen molar-refractivity contribution in [3.8, 4) is 0 Å². The van der Waals surface area contributed by atoms with Crippen molar-refractivity contribution in [1.82, 2.24) is 0 Å². The molecule has 0 radical (unpaired) electrons. The zero-order valence-electron chi connectivity index (χ0n) is 11.9. The second kappa shape index (κ2) is 6.88. The molecule has 0 heterocycles. The standard InChI is InChI=1S/C17H19FN2O/c1-12(13-7-3-2-4-8-13)11-16(17(19)21)20-15-10-6-5-9-14(15)18/h2-10,12,16,20H,11H2,1H3,(H2,19,21). The lowest BCUT2D eigenvalue weighted by Gasteiger charge is -2.21. The highest BCUT2D eigenvalue weighted by Crippen LogP contribution is 2.23. The second-order valence-corrected chi connectivity index (χ2v) is 5.13. The largest absolute Gasteiger partial charge is 0.371 e. The van der Waals surface area contributed by atoms with Gasteiger partial charge in [0.2, 0.25) is 5.91 Å². The van der Waals surface area contributed by atoms with Crippen LogP contribution in [0.5, 0.6) is 0 Å². The van der Waals surface area contributed by atoms with Crippen molar-refractivity contribution in [3.05, 3.63) is 66.0 Å². The molecule has 1 amide bonds. The summed E-state index contributed by atoms with van der Waals surface area (Å²) in [6, 6.07) is 15.5. The molecule has 2 aromatic carbocycles. The fourth-order valence-electron chi connectivity index (χ4n) is 2.28. The maximum atomic E-state index is 13.7. The van der Waals surface area contributed by atoms with Crippen molar-refractivity contribution >= 4 is 11.6 Å². The van der Waals surface area contributed by atoms with E-state index in [9.17, 15) is 9.18 Å². The molecule has 2 atom stereocenters. The number of carbonyl (C=O) groups excluding carboxylic acids is 1. The molecule has 2 rings (SSSR count). The van der Waals surface area contributed by atoms with Gasteiger partial charge in [-0.05, 0) is 30.0 Å². The van der Waals surface area contributed by atoms with Gasteiger partial charge in [0, 0.05) is 0 Å². The molecule has 2 unspecified atom stereocenters. The molecular weight excluding hydrogens is 267 g/mol. The van der Waals surface area contributed by atoms with Gasteiger partial charge in [0.1, 0.15) is 11.9 Å². The van der Waals surface area contributed by atoms with E-state index in [1.54, 1.807) is 18.2 Å². The maximum absolute atomic E-state index is 13.7. The van der Waals surface area contributed by atoms with Gasteiger partial charge in [-0.15, -0.1) is 0 Å². The number of nitrogens with two attached hydrogens (primary N) is 1. The van der Waals surface area contributed by atoms with Crippen LogP contribution in [0.3, 0.4) is 0 Å². The first kappa shape index (κ1) is 15.0. The van der Waals surface area contributed by atoms with Crippen LogP contribution in [0.15, 0.2) is 54.6 Å². The molecule has 3 nitrogen and oxygen atoms in total. The SMILES string of the molecule is CC(CC(Nc1ccccc1F)C(N)=O)c1ccccc1. The highest BCUT2D eigenvalue weighted by Gasteiger charge is 2.20. The summed E-state index contributed by atoms with van der Waals surface area (Å²) in [6.07, 6.45) is 0.508. The Kier molecular flexibility index (Phi) is 4.93. The smallest absolute Gasteiger partial charge is 0.239 e. The fraction of sp³-hybridized carbons (Fsp3) is 0.235. The van der Waals surface area contributed by atoms with Gasteiger partial charge in [0.25, 0.3) is 0 Å². The van der Waals surface area contributed by atoms with Crippen molar-refractivity contribution in [2.45, 2.75) is 25.3 Å². The van der Waals surface area contributed by atoms with Gasteiger partial charge in [0.05, 0.1) is 5.69 Å². The van der Waals surface area contributed by atoms with E-state index in [1.165, 1.54) is 6.07 Å². The van der Waals surface area contributed by atoms with Crippen LogP contribution in [0, 0.1) is 5.82 Å². The van der Waals surface area contributed by atoms with Crippen LogP contribution in [0.1, 0.15) is 24.8 Å². The number of halogens is 1. The lowest BCUT2D eigenvalue weighted by molar-refractivity contribution is -0.118. The minimum atomic E-state index is -0.614. The molecule has 0 aliphatic carbocycles. The van der Waals surface area contributed by atoms with Crippen LogP contribution in [0.25, 0.3) is 0 Å². The topological polar surface area (TPSA) is 55.1 Å². The van der Waals surface area contributed by atoms with Crippen LogP contribution in [-0.2, 0) is 4.79 Å². The Bertz CT molecular complexity index is 601. The van der Waals surface area contributed by atoms with E-state index in [0.717, 1.165) is 5.56 Å². The van der Waals surface area contributed by atoms with E-state index in [2.05, 4.69) is 5.32 Å². The third kappa shape index (κ3) is 4.05. The third-order valence-corrected chi connectivity index (χ3v) is 3.50. The van der Waals surface area contributed by atoms with Crippen LogP contribution in [-0.4, -0.2) is 11.9 Å². The van der Waals surface area contributed by atoms with Crippen LogP contribution in [0.2, 0.25) is 0 Å². The molecule has 110 valence electrons. The Morgan fingerprint density at radius 2 is 1.76 bits per heavy atom. The summed E-state index contributed by atoms with van der Waals surface area (Å²) in [5.41, 5.74) is 6.85. The first-order valence-electron chi connectivity index (χ1n) is 6.93. The zero-order chi connectivity index (χ0) is 15.2. The number of hydrogen-bond donors (Lipinski definition) is 2. The minimum Gasteiger partial charge on any atom is -0.371 e. The molecule has 21 heavy (non-hydrogen) atoms. The van der Waals surface area contributed by atoms with Crippen molar-refractivity contribution in [3.63, 3.8) is 0 Å². The molecule has 0 aromatic heterocycles. The van der Waals surface area contributed by atoms with Gasteiger partial charge in [0.15, 0.2) is 0 Å². The summed E-state index contributed by atoms with van der Waals surface area (Å²) in [5.74, 6) is -0.736. The van der Waals surface area contributed by atoms with E-state index in [1.807, 2.05) is 37.3 Å². The van der Waals surface area contributed by atoms with Crippen LogP contribution < -0.4 is 11.1 Å². The van der Waals surface area contributed by atoms with Gasteiger partial charge in [-0.1, -0.05) is 49.4 Å². The average Bonchev–Trinajstić information content (AvgIpc) is 2.49. The molecule has 0 spiro atoms. The van der Waals surface area contributed by atoms with Crippen molar-refractivity contribution in [1.29, 1.82) is 0 Å². The van der Waals surface area contributed by atoms with E-state index in [4.69, 9.17) is 5.73 Å². The Morgan fingerprint density at radius 3 is 2.38 bits per heavy atom. The molecule has 0 bridgehead atoms. The Morgan fingerprint density at radius 1 is 1.14 bits per heavy atom. The molecule has 0 aliphatic heterocycles. The Hall–Kier alpha value is -2.36. The number of primary amides is 1. The number of hydrogen-bond acceptors (Lipinski definition) is 2. The number of nitrogens with one attached hydrogen (secondary N) is 1. The summed E-state index contributed by atoms with van der Waals surface area (Å²) in [4.78, 5) is 11.6. The molecule has 3 N–H and O–H groups in total. The van der Waals surface area contributed by atoms with Gasteiger partial charge in [-0.2, -0.15) is 0 Å². The normalized spacial score (nSPS) is 13.4. The molecular formula is C17H19FN2O. The molecule has 0 saturated heterocycles. The molecule has 2 aromatic rings. The zero-order valence-corrected chi connectivity index (χ0v) is 11.9. The summed E-state index contributed by atoms with van der Waals surface area (Å²) in [6.45, 7) is 2.02. The minimum absolute atomic E-state index is 0.142. The highest BCUT2D eigenvalue weighted by molar-refractivity contribution is 5.83. The van der Waals surface area contributed by atoms with Gasteiger partial charge >= 0.3 is 0 Å².